The first-order valence-corrected chi connectivity index (χ1v) is 6.68. The molecule has 2 aromatic rings. The Bertz CT molecular complexity index is 618. The summed E-state index contributed by atoms with van der Waals surface area (Å²) in [6, 6.07) is 5.87. The highest BCUT2D eigenvalue weighted by Crippen LogP contribution is 2.25. The van der Waals surface area contributed by atoms with E-state index in [1.54, 1.807) is 12.4 Å². The van der Waals surface area contributed by atoms with E-state index in [-0.39, 0.29) is 6.04 Å². The Morgan fingerprint density at radius 3 is 2.80 bits per heavy atom. The molecule has 6 heteroatoms. The van der Waals surface area contributed by atoms with Crippen LogP contribution in [-0.4, -0.2) is 40.3 Å². The lowest BCUT2D eigenvalue weighted by atomic mass is 10.0. The van der Waals surface area contributed by atoms with Gasteiger partial charge < -0.3 is 15.3 Å². The molecule has 0 spiro atoms. The van der Waals surface area contributed by atoms with E-state index < -0.39 is 6.09 Å². The van der Waals surface area contributed by atoms with Crippen LogP contribution in [0.25, 0.3) is 10.9 Å². The third-order valence-corrected chi connectivity index (χ3v) is 3.63. The van der Waals surface area contributed by atoms with Gasteiger partial charge in [0.2, 0.25) is 0 Å². The maximum atomic E-state index is 10.6. The zero-order chi connectivity index (χ0) is 13.9. The molecule has 1 aliphatic heterocycles. The average molecular weight is 272 g/mol. The van der Waals surface area contributed by atoms with E-state index in [0.29, 0.717) is 0 Å². The fourth-order valence-electron chi connectivity index (χ4n) is 2.65. The van der Waals surface area contributed by atoms with Crippen LogP contribution in [0.15, 0.2) is 30.6 Å². The minimum absolute atomic E-state index is 0.0388. The Labute approximate surface area is 116 Å². The lowest BCUT2D eigenvalue weighted by Crippen LogP contribution is -2.44. The predicted octanol–water partition coefficient (Wildman–Crippen LogP) is 1.87. The highest BCUT2D eigenvalue weighted by Gasteiger charge is 2.22. The number of anilines is 1. The van der Waals surface area contributed by atoms with Gasteiger partial charge in [-0.25, -0.2) is 9.78 Å². The van der Waals surface area contributed by atoms with Gasteiger partial charge in [-0.2, -0.15) is 0 Å². The van der Waals surface area contributed by atoms with Crippen LogP contribution < -0.4 is 10.2 Å². The molecule has 104 valence electrons. The van der Waals surface area contributed by atoms with Gasteiger partial charge in [-0.05, 0) is 31.0 Å². The smallest absolute Gasteiger partial charge is 0.404 e. The summed E-state index contributed by atoms with van der Waals surface area (Å²) < 4.78 is 0. The number of rotatable bonds is 2. The van der Waals surface area contributed by atoms with Crippen molar-refractivity contribution >= 4 is 22.8 Å². The first-order chi connectivity index (χ1) is 9.74. The van der Waals surface area contributed by atoms with Crippen molar-refractivity contribution in [3.63, 3.8) is 0 Å². The van der Waals surface area contributed by atoms with Crippen molar-refractivity contribution < 1.29 is 9.90 Å². The number of amides is 1. The first-order valence-electron chi connectivity index (χ1n) is 6.68. The van der Waals surface area contributed by atoms with E-state index in [2.05, 4.69) is 20.2 Å². The summed E-state index contributed by atoms with van der Waals surface area (Å²) in [5, 5.41) is 12.3. The number of hydrogen-bond donors (Lipinski definition) is 2. The molecule has 1 saturated heterocycles. The number of aromatic nitrogens is 2. The van der Waals surface area contributed by atoms with Gasteiger partial charge in [0.1, 0.15) is 5.82 Å². The predicted molar refractivity (Wildman–Crippen MR) is 75.9 cm³/mol. The molecule has 0 aliphatic carbocycles. The van der Waals surface area contributed by atoms with Crippen LogP contribution in [0.1, 0.15) is 12.8 Å². The van der Waals surface area contributed by atoms with Crippen LogP contribution in [0.5, 0.6) is 0 Å². The van der Waals surface area contributed by atoms with Gasteiger partial charge in [0.25, 0.3) is 0 Å². The summed E-state index contributed by atoms with van der Waals surface area (Å²) in [7, 11) is 0. The van der Waals surface area contributed by atoms with Gasteiger partial charge in [0.15, 0.2) is 0 Å². The molecule has 3 heterocycles. The lowest BCUT2D eigenvalue weighted by Gasteiger charge is -2.33. The number of hydrogen-bond acceptors (Lipinski definition) is 4. The Hall–Kier alpha value is -2.37. The van der Waals surface area contributed by atoms with E-state index in [9.17, 15) is 4.79 Å². The highest BCUT2D eigenvalue weighted by molar-refractivity contribution is 5.89. The Kier molecular flexibility index (Phi) is 3.37. The van der Waals surface area contributed by atoms with Crippen LogP contribution in [0.4, 0.5) is 10.6 Å². The van der Waals surface area contributed by atoms with Gasteiger partial charge >= 0.3 is 6.09 Å². The second-order valence-corrected chi connectivity index (χ2v) is 4.92. The van der Waals surface area contributed by atoms with E-state index in [0.717, 1.165) is 42.7 Å². The van der Waals surface area contributed by atoms with Crippen LogP contribution in [0, 0.1) is 0 Å². The molecular weight excluding hydrogens is 256 g/mol. The van der Waals surface area contributed by atoms with E-state index in [1.165, 1.54) is 0 Å². The molecule has 1 aliphatic rings. The molecule has 1 amide bonds. The summed E-state index contributed by atoms with van der Waals surface area (Å²) in [6.45, 7) is 1.60. The molecule has 0 aromatic carbocycles. The molecule has 20 heavy (non-hydrogen) atoms. The molecule has 2 N–H and O–H groups in total. The topological polar surface area (TPSA) is 78.4 Å². The van der Waals surface area contributed by atoms with Crippen molar-refractivity contribution in [3.05, 3.63) is 30.6 Å². The number of carbonyl (C=O) groups is 1. The summed E-state index contributed by atoms with van der Waals surface area (Å²) in [6.07, 6.45) is 4.19. The van der Waals surface area contributed by atoms with E-state index in [4.69, 9.17) is 5.11 Å². The van der Waals surface area contributed by atoms with Gasteiger partial charge in [0, 0.05) is 36.9 Å². The fraction of sp³-hybridized carbons (Fsp3) is 0.357. The second-order valence-electron chi connectivity index (χ2n) is 4.92. The van der Waals surface area contributed by atoms with Crippen LogP contribution >= 0.6 is 0 Å². The molecule has 0 bridgehead atoms. The van der Waals surface area contributed by atoms with Gasteiger partial charge in [-0.15, -0.1) is 0 Å². The lowest BCUT2D eigenvalue weighted by molar-refractivity contribution is 0.187. The summed E-state index contributed by atoms with van der Waals surface area (Å²) in [4.78, 5) is 21.6. The van der Waals surface area contributed by atoms with Crippen molar-refractivity contribution in [3.8, 4) is 0 Å². The SMILES string of the molecule is O=C(O)NC1CCN(c2nccc3ncccc23)CC1. The normalized spacial score (nSPS) is 16.3. The molecule has 1 fully saturated rings. The third kappa shape index (κ3) is 2.49. The zero-order valence-electron chi connectivity index (χ0n) is 11.0. The molecule has 0 saturated carbocycles. The molecule has 2 aromatic heterocycles. The minimum atomic E-state index is -0.948. The number of piperidine rings is 1. The third-order valence-electron chi connectivity index (χ3n) is 3.63. The molecule has 6 nitrogen and oxygen atoms in total. The summed E-state index contributed by atoms with van der Waals surface area (Å²) >= 11 is 0. The number of fused-ring (bicyclic) bond motifs is 1. The maximum Gasteiger partial charge on any atom is 0.404 e. The molecule has 0 radical (unpaired) electrons. The van der Waals surface area contributed by atoms with Crippen LogP contribution in [0.3, 0.4) is 0 Å². The molecule has 3 rings (SSSR count). The van der Waals surface area contributed by atoms with Crippen molar-refractivity contribution in [2.24, 2.45) is 0 Å². The summed E-state index contributed by atoms with van der Waals surface area (Å²) in [5.74, 6) is 0.935. The molecule has 0 atom stereocenters. The van der Waals surface area contributed by atoms with E-state index >= 15 is 0 Å². The zero-order valence-corrected chi connectivity index (χ0v) is 11.0. The Morgan fingerprint density at radius 1 is 1.25 bits per heavy atom. The number of carboxylic acid groups (broad SMARTS) is 1. The number of pyridine rings is 2. The minimum Gasteiger partial charge on any atom is -0.465 e. The maximum absolute atomic E-state index is 10.6. The molecule has 0 unspecified atom stereocenters. The van der Waals surface area contributed by atoms with Gasteiger partial charge in [-0.3, -0.25) is 4.98 Å². The standard InChI is InChI=1S/C14H16N4O2/c19-14(20)17-10-4-8-18(9-5-10)13-11-2-1-6-15-12(11)3-7-16-13/h1-3,6-7,10,17H,4-5,8-9H2,(H,19,20). The first kappa shape index (κ1) is 12.7. The summed E-state index contributed by atoms with van der Waals surface area (Å²) in [5.41, 5.74) is 0.934. The van der Waals surface area contributed by atoms with Gasteiger partial charge in [0.05, 0.1) is 5.52 Å². The highest BCUT2D eigenvalue weighted by atomic mass is 16.4. The van der Waals surface area contributed by atoms with Crippen molar-refractivity contribution in [2.45, 2.75) is 18.9 Å². The van der Waals surface area contributed by atoms with Gasteiger partial charge in [-0.1, -0.05) is 0 Å². The van der Waals surface area contributed by atoms with E-state index in [1.807, 2.05) is 18.2 Å². The quantitative estimate of drug-likeness (QED) is 0.872. The monoisotopic (exact) mass is 272 g/mol. The Balaban J connectivity index is 1.78. The second kappa shape index (κ2) is 5.32. The average Bonchev–Trinajstić information content (AvgIpc) is 2.47. The van der Waals surface area contributed by atoms with Crippen molar-refractivity contribution in [1.82, 2.24) is 15.3 Å². The Morgan fingerprint density at radius 2 is 2.05 bits per heavy atom. The number of nitrogens with one attached hydrogen (secondary N) is 1. The van der Waals surface area contributed by atoms with Crippen molar-refractivity contribution in [2.75, 3.05) is 18.0 Å². The van der Waals surface area contributed by atoms with Crippen molar-refractivity contribution in [1.29, 1.82) is 0 Å². The van der Waals surface area contributed by atoms with Crippen LogP contribution in [-0.2, 0) is 0 Å². The largest absolute Gasteiger partial charge is 0.465 e. The molecular formula is C14H16N4O2. The number of nitrogens with zero attached hydrogens (tertiary/aromatic N) is 3. The van der Waals surface area contributed by atoms with Crippen LogP contribution in [0.2, 0.25) is 0 Å². The fourth-order valence-corrected chi connectivity index (χ4v) is 2.65.